The zero-order chi connectivity index (χ0) is 28.2. The van der Waals surface area contributed by atoms with Gasteiger partial charge in [-0.15, -0.1) is 0 Å². The van der Waals surface area contributed by atoms with Crippen molar-refractivity contribution in [3.05, 3.63) is 138 Å². The van der Waals surface area contributed by atoms with Gasteiger partial charge in [0.15, 0.2) is 11.5 Å². The fraction of sp³-hybridized carbons (Fsp3) is 0.100. The number of rotatable bonds is 9. The fourth-order valence-corrected chi connectivity index (χ4v) is 4.25. The molecule has 0 spiro atoms. The van der Waals surface area contributed by atoms with Gasteiger partial charge in [0.05, 0.1) is 15.2 Å². The number of benzene rings is 4. The number of hydrogen-bond acceptors (Lipinski definition) is 8. The summed E-state index contributed by atoms with van der Waals surface area (Å²) < 4.78 is 17.6. The Morgan fingerprint density at radius 2 is 1.35 bits per heavy atom. The molecule has 5 rings (SSSR count). The Morgan fingerprint density at radius 1 is 0.750 bits per heavy atom. The molecule has 0 N–H and O–H groups in total. The van der Waals surface area contributed by atoms with Crippen molar-refractivity contribution >= 4 is 22.3 Å². The Balaban J connectivity index is 1.65. The normalized spacial score (nSPS) is 10.8. The van der Waals surface area contributed by atoms with Gasteiger partial charge in [-0.3, -0.25) is 25.0 Å². The highest BCUT2D eigenvalue weighted by Gasteiger charge is 2.26. The van der Waals surface area contributed by atoms with Crippen molar-refractivity contribution < 1.29 is 23.7 Å². The number of fused-ring (bicyclic) bond motifs is 1. The molecule has 0 unspecified atom stereocenters. The third-order valence-electron chi connectivity index (χ3n) is 6.15. The van der Waals surface area contributed by atoms with Gasteiger partial charge in [-0.1, -0.05) is 60.7 Å². The molecule has 40 heavy (non-hydrogen) atoms. The third-order valence-corrected chi connectivity index (χ3v) is 6.15. The molecule has 1 heterocycles. The molecular weight excluding hydrogens is 516 g/mol. The second-order valence-electron chi connectivity index (χ2n) is 9.00. The second-order valence-corrected chi connectivity index (χ2v) is 9.00. The lowest BCUT2D eigenvalue weighted by molar-refractivity contribution is -0.385. The van der Waals surface area contributed by atoms with Gasteiger partial charge in [-0.2, -0.15) is 0 Å². The molecule has 0 bridgehead atoms. The largest absolute Gasteiger partial charge is 0.482 e. The fourth-order valence-electron chi connectivity index (χ4n) is 4.25. The second kappa shape index (κ2) is 11.1. The average molecular weight is 539 g/mol. The molecule has 5 aromatic rings. The number of non-ortho nitro benzene ring substituents is 1. The predicted octanol–water partition coefficient (Wildman–Crippen LogP) is 6.74. The molecule has 0 radical (unpaired) electrons. The Kier molecular flexibility index (Phi) is 7.23. The van der Waals surface area contributed by atoms with Crippen LogP contribution in [0.2, 0.25) is 0 Å². The smallest absolute Gasteiger partial charge is 0.312 e. The Bertz CT molecular complexity index is 1780. The Hall–Kier alpha value is -5.51. The average Bonchev–Trinajstić information content (AvgIpc) is 2.96. The molecule has 0 saturated carbocycles. The lowest BCUT2D eigenvalue weighted by Gasteiger charge is -2.13. The molecule has 0 aliphatic rings. The molecule has 10 nitrogen and oxygen atoms in total. The van der Waals surface area contributed by atoms with Gasteiger partial charge in [-0.05, 0) is 41.8 Å². The van der Waals surface area contributed by atoms with E-state index in [-0.39, 0.29) is 52.7 Å². The minimum atomic E-state index is -0.643. The number of hydrogen-bond donors (Lipinski definition) is 0. The molecule has 10 heteroatoms. The summed E-state index contributed by atoms with van der Waals surface area (Å²) in [5, 5.41) is 23.8. The van der Waals surface area contributed by atoms with E-state index in [9.17, 15) is 25.0 Å². The molecule has 0 atom stereocenters. The maximum atomic E-state index is 13.6. The van der Waals surface area contributed by atoms with Gasteiger partial charge >= 0.3 is 11.4 Å². The summed E-state index contributed by atoms with van der Waals surface area (Å²) in [5.41, 5.74) is 0.531. The van der Waals surface area contributed by atoms with Crippen LogP contribution < -0.4 is 14.9 Å². The minimum absolute atomic E-state index is 0.00161. The lowest BCUT2D eigenvalue weighted by Crippen LogP contribution is -2.11. The summed E-state index contributed by atoms with van der Waals surface area (Å²) in [4.78, 5) is 36.2. The molecular formula is C30H22N2O8. The highest BCUT2D eigenvalue weighted by molar-refractivity contribution is 5.89. The van der Waals surface area contributed by atoms with Crippen molar-refractivity contribution in [1.82, 2.24) is 0 Å². The summed E-state index contributed by atoms with van der Waals surface area (Å²) in [7, 11) is 0. The molecule has 1 aromatic heterocycles. The van der Waals surface area contributed by atoms with Crippen molar-refractivity contribution in [3.8, 4) is 22.8 Å². The summed E-state index contributed by atoms with van der Waals surface area (Å²) in [6.45, 7) is 1.73. The SMILES string of the molecule is Cc1cc([N+](=O)[O-])c2oc(-c3ccc(OCc4ccccc4)c([N+](=O)[O-])c3)c(OCc3ccccc3)c(=O)c2c1. The molecule has 4 aromatic carbocycles. The zero-order valence-electron chi connectivity index (χ0n) is 21.2. The highest BCUT2D eigenvalue weighted by atomic mass is 16.6. The van der Waals surface area contributed by atoms with Gasteiger partial charge in [-0.25, -0.2) is 0 Å². The van der Waals surface area contributed by atoms with E-state index >= 15 is 0 Å². The summed E-state index contributed by atoms with van der Waals surface area (Å²) >= 11 is 0. The zero-order valence-corrected chi connectivity index (χ0v) is 21.2. The number of aryl methyl sites for hydroxylation is 1. The van der Waals surface area contributed by atoms with Gasteiger partial charge in [0.2, 0.25) is 16.8 Å². The number of nitrogens with zero attached hydrogens (tertiary/aromatic N) is 2. The maximum absolute atomic E-state index is 13.6. The van der Waals surface area contributed by atoms with Crippen molar-refractivity contribution in [3.63, 3.8) is 0 Å². The van der Waals surface area contributed by atoms with E-state index < -0.39 is 21.0 Å². The van der Waals surface area contributed by atoms with Gasteiger partial charge in [0, 0.05) is 17.7 Å². The van der Waals surface area contributed by atoms with Crippen LogP contribution in [0.25, 0.3) is 22.3 Å². The van der Waals surface area contributed by atoms with Gasteiger partial charge in [0.25, 0.3) is 0 Å². The van der Waals surface area contributed by atoms with Crippen LogP contribution in [0, 0.1) is 27.2 Å². The lowest BCUT2D eigenvalue weighted by atomic mass is 10.1. The van der Waals surface area contributed by atoms with Crippen LogP contribution in [-0.2, 0) is 13.2 Å². The molecule has 200 valence electrons. The van der Waals surface area contributed by atoms with Crippen LogP contribution in [0.5, 0.6) is 11.5 Å². The number of nitro groups is 2. The van der Waals surface area contributed by atoms with Crippen LogP contribution in [0.1, 0.15) is 16.7 Å². The van der Waals surface area contributed by atoms with Gasteiger partial charge < -0.3 is 13.9 Å². The van der Waals surface area contributed by atoms with Crippen molar-refractivity contribution in [2.45, 2.75) is 20.1 Å². The van der Waals surface area contributed by atoms with Crippen LogP contribution in [0.4, 0.5) is 11.4 Å². The highest BCUT2D eigenvalue weighted by Crippen LogP contribution is 2.39. The molecule has 0 amide bonds. The van der Waals surface area contributed by atoms with Crippen LogP contribution in [0.15, 0.2) is 100 Å². The van der Waals surface area contributed by atoms with Gasteiger partial charge in [0.1, 0.15) is 13.2 Å². The van der Waals surface area contributed by atoms with E-state index in [0.717, 1.165) is 11.1 Å². The third kappa shape index (κ3) is 5.37. The quantitative estimate of drug-likeness (QED) is 0.149. The van der Waals surface area contributed by atoms with Crippen LogP contribution >= 0.6 is 0 Å². The van der Waals surface area contributed by atoms with E-state index in [0.29, 0.717) is 5.56 Å². The van der Waals surface area contributed by atoms with E-state index in [4.69, 9.17) is 13.9 Å². The van der Waals surface area contributed by atoms with Crippen molar-refractivity contribution in [2.24, 2.45) is 0 Å². The Labute approximate surface area is 227 Å². The van der Waals surface area contributed by atoms with E-state index in [2.05, 4.69) is 0 Å². The number of ether oxygens (including phenoxy) is 2. The predicted molar refractivity (Wildman–Crippen MR) is 148 cm³/mol. The monoisotopic (exact) mass is 538 g/mol. The minimum Gasteiger partial charge on any atom is -0.482 e. The summed E-state index contributed by atoms with van der Waals surface area (Å²) in [6, 6.07) is 25.1. The molecule has 0 aliphatic heterocycles. The first-order valence-electron chi connectivity index (χ1n) is 12.2. The van der Waals surface area contributed by atoms with E-state index in [1.807, 2.05) is 48.5 Å². The van der Waals surface area contributed by atoms with Crippen molar-refractivity contribution in [2.75, 3.05) is 0 Å². The molecule has 0 saturated heterocycles. The first-order valence-corrected chi connectivity index (χ1v) is 12.2. The standard InChI is InChI=1S/C30H22N2O8/c1-19-14-23-27(33)30(39-18-21-10-6-3-7-11-21)28(40-29(23)25(15-19)32(36)37)22-12-13-26(24(16-22)31(34)35)38-17-20-8-4-2-5-9-20/h2-16H,17-18H2,1H3. The number of nitro benzene ring substituents is 2. The Morgan fingerprint density at radius 3 is 1.95 bits per heavy atom. The van der Waals surface area contributed by atoms with Crippen molar-refractivity contribution in [1.29, 1.82) is 0 Å². The molecule has 0 aliphatic carbocycles. The first-order chi connectivity index (χ1) is 19.3. The summed E-state index contributed by atoms with van der Waals surface area (Å²) in [6.07, 6.45) is 0. The topological polar surface area (TPSA) is 135 Å². The maximum Gasteiger partial charge on any atom is 0.312 e. The first kappa shape index (κ1) is 26.1. The van der Waals surface area contributed by atoms with Crippen LogP contribution in [-0.4, -0.2) is 9.85 Å². The molecule has 0 fully saturated rings. The van der Waals surface area contributed by atoms with E-state index in [1.54, 1.807) is 19.1 Å². The van der Waals surface area contributed by atoms with Crippen LogP contribution in [0.3, 0.4) is 0 Å². The summed E-state index contributed by atoms with van der Waals surface area (Å²) in [5.74, 6) is -0.379. The van der Waals surface area contributed by atoms with E-state index in [1.165, 1.54) is 30.3 Å².